The standard InChI is InChI=1S/C11H16F2N2O4S/c1-19-6-8(16)2-3-15-20(17,18)11-9(12)4-7(14)5-10(11)13/h4-5,8,15-16H,2-3,6,14H2,1H3. The summed E-state index contributed by atoms with van der Waals surface area (Å²) in [5, 5.41) is 9.34. The van der Waals surface area contributed by atoms with Gasteiger partial charge in [-0.25, -0.2) is 21.9 Å². The maximum Gasteiger partial charge on any atom is 0.246 e. The number of aliphatic hydroxyl groups is 1. The third kappa shape index (κ3) is 4.37. The molecule has 0 radical (unpaired) electrons. The predicted octanol–water partition coefficient (Wildman–Crippen LogP) is 0.223. The Morgan fingerprint density at radius 2 is 1.95 bits per heavy atom. The molecule has 0 saturated carbocycles. The minimum Gasteiger partial charge on any atom is -0.399 e. The number of aliphatic hydroxyl groups excluding tert-OH is 1. The fourth-order valence-corrected chi connectivity index (χ4v) is 2.71. The van der Waals surface area contributed by atoms with E-state index in [1.807, 2.05) is 4.72 Å². The van der Waals surface area contributed by atoms with Crippen LogP contribution in [0, 0.1) is 11.6 Å². The third-order valence-corrected chi connectivity index (χ3v) is 3.93. The maximum absolute atomic E-state index is 13.5. The number of hydrogen-bond acceptors (Lipinski definition) is 5. The molecule has 20 heavy (non-hydrogen) atoms. The highest BCUT2D eigenvalue weighted by molar-refractivity contribution is 7.89. The summed E-state index contributed by atoms with van der Waals surface area (Å²) in [5.74, 6) is -2.54. The van der Waals surface area contributed by atoms with Crippen LogP contribution in [0.1, 0.15) is 6.42 Å². The van der Waals surface area contributed by atoms with Gasteiger partial charge in [0.25, 0.3) is 0 Å². The van der Waals surface area contributed by atoms with E-state index < -0.39 is 32.7 Å². The van der Waals surface area contributed by atoms with Crippen molar-refractivity contribution in [3.8, 4) is 0 Å². The van der Waals surface area contributed by atoms with E-state index >= 15 is 0 Å². The van der Waals surface area contributed by atoms with Crippen molar-refractivity contribution in [2.24, 2.45) is 0 Å². The number of ether oxygens (including phenoxy) is 1. The first kappa shape index (κ1) is 16.8. The lowest BCUT2D eigenvalue weighted by Gasteiger charge is -2.11. The van der Waals surface area contributed by atoms with E-state index in [0.29, 0.717) is 0 Å². The predicted molar refractivity (Wildman–Crippen MR) is 68.5 cm³/mol. The lowest BCUT2D eigenvalue weighted by molar-refractivity contribution is 0.0603. The highest BCUT2D eigenvalue weighted by atomic mass is 32.2. The van der Waals surface area contributed by atoms with Gasteiger partial charge >= 0.3 is 0 Å². The Morgan fingerprint density at radius 1 is 1.40 bits per heavy atom. The third-order valence-electron chi connectivity index (χ3n) is 2.42. The largest absolute Gasteiger partial charge is 0.399 e. The summed E-state index contributed by atoms with van der Waals surface area (Å²) in [6.07, 6.45) is -0.825. The molecular weight excluding hydrogens is 294 g/mol. The molecule has 0 spiro atoms. The van der Waals surface area contributed by atoms with Gasteiger partial charge in [-0.3, -0.25) is 0 Å². The number of nitrogen functional groups attached to an aromatic ring is 1. The van der Waals surface area contributed by atoms with Crippen molar-refractivity contribution in [3.05, 3.63) is 23.8 Å². The molecule has 1 rings (SSSR count). The highest BCUT2D eigenvalue weighted by Gasteiger charge is 2.24. The van der Waals surface area contributed by atoms with Gasteiger partial charge in [0.05, 0.1) is 12.7 Å². The van der Waals surface area contributed by atoms with Crippen molar-refractivity contribution in [2.45, 2.75) is 17.4 Å². The zero-order valence-electron chi connectivity index (χ0n) is 10.8. The molecule has 9 heteroatoms. The molecule has 0 saturated heterocycles. The summed E-state index contributed by atoms with van der Waals surface area (Å²) in [5.41, 5.74) is 4.99. The van der Waals surface area contributed by atoms with Crippen LogP contribution in [0.15, 0.2) is 17.0 Å². The van der Waals surface area contributed by atoms with Crippen LogP contribution in [-0.4, -0.2) is 39.9 Å². The zero-order valence-corrected chi connectivity index (χ0v) is 11.6. The Morgan fingerprint density at radius 3 is 2.45 bits per heavy atom. The lowest BCUT2D eigenvalue weighted by atomic mass is 10.3. The summed E-state index contributed by atoms with van der Waals surface area (Å²) in [6.45, 7) is -0.150. The number of anilines is 1. The molecule has 1 aromatic carbocycles. The van der Waals surface area contributed by atoms with E-state index in [0.717, 1.165) is 12.1 Å². The average molecular weight is 310 g/mol. The van der Waals surface area contributed by atoms with Crippen LogP contribution in [0.2, 0.25) is 0 Å². The van der Waals surface area contributed by atoms with Crippen molar-refractivity contribution in [1.82, 2.24) is 4.72 Å². The van der Waals surface area contributed by atoms with Crippen LogP contribution in [-0.2, 0) is 14.8 Å². The van der Waals surface area contributed by atoms with Crippen LogP contribution >= 0.6 is 0 Å². The maximum atomic E-state index is 13.5. The summed E-state index contributed by atoms with van der Waals surface area (Å²) in [7, 11) is -2.98. The monoisotopic (exact) mass is 310 g/mol. The Balaban J connectivity index is 2.80. The van der Waals surface area contributed by atoms with Crippen LogP contribution in [0.4, 0.5) is 14.5 Å². The summed E-state index contributed by atoms with van der Waals surface area (Å²) in [4.78, 5) is -1.09. The molecular formula is C11H16F2N2O4S. The number of nitrogens with one attached hydrogen (secondary N) is 1. The summed E-state index contributed by atoms with van der Waals surface area (Å²) >= 11 is 0. The van der Waals surface area contributed by atoms with Gasteiger partial charge in [0.1, 0.15) is 11.6 Å². The van der Waals surface area contributed by atoms with Gasteiger partial charge in [0.15, 0.2) is 4.90 Å². The molecule has 1 unspecified atom stereocenters. The van der Waals surface area contributed by atoms with Gasteiger partial charge in [-0.1, -0.05) is 0 Å². The molecule has 0 aliphatic heterocycles. The highest BCUT2D eigenvalue weighted by Crippen LogP contribution is 2.21. The van der Waals surface area contributed by atoms with Gasteiger partial charge in [0.2, 0.25) is 10.0 Å². The Labute approximate surface area is 115 Å². The van der Waals surface area contributed by atoms with Crippen LogP contribution in [0.25, 0.3) is 0 Å². The molecule has 0 fully saturated rings. The first-order valence-electron chi connectivity index (χ1n) is 5.69. The second kappa shape index (κ2) is 6.93. The summed E-state index contributed by atoms with van der Waals surface area (Å²) < 4.78 is 57.2. The molecule has 0 aliphatic rings. The zero-order chi connectivity index (χ0) is 15.3. The van der Waals surface area contributed by atoms with E-state index in [1.165, 1.54) is 7.11 Å². The lowest BCUT2D eigenvalue weighted by Crippen LogP contribution is -2.30. The number of halogens is 2. The molecule has 0 amide bonds. The van der Waals surface area contributed by atoms with E-state index in [-0.39, 0.29) is 25.3 Å². The second-order valence-corrected chi connectivity index (χ2v) is 5.81. The van der Waals surface area contributed by atoms with Gasteiger partial charge in [-0.15, -0.1) is 0 Å². The first-order chi connectivity index (χ1) is 9.27. The molecule has 4 N–H and O–H groups in total. The van der Waals surface area contributed by atoms with Gasteiger partial charge in [0, 0.05) is 19.3 Å². The van der Waals surface area contributed by atoms with Crippen molar-refractivity contribution >= 4 is 15.7 Å². The number of sulfonamides is 1. The minimum atomic E-state index is -4.36. The fourth-order valence-electron chi connectivity index (χ4n) is 1.54. The van der Waals surface area contributed by atoms with Crippen LogP contribution in [0.5, 0.6) is 0 Å². The second-order valence-electron chi connectivity index (χ2n) is 4.11. The van der Waals surface area contributed by atoms with Crippen molar-refractivity contribution in [3.63, 3.8) is 0 Å². The SMILES string of the molecule is COCC(O)CCNS(=O)(=O)c1c(F)cc(N)cc1F. The molecule has 114 valence electrons. The van der Waals surface area contributed by atoms with E-state index in [1.54, 1.807) is 0 Å². The van der Waals surface area contributed by atoms with Crippen LogP contribution in [0.3, 0.4) is 0 Å². The van der Waals surface area contributed by atoms with E-state index in [9.17, 15) is 22.3 Å². The van der Waals surface area contributed by atoms with Crippen LogP contribution < -0.4 is 10.5 Å². The number of rotatable bonds is 7. The smallest absolute Gasteiger partial charge is 0.246 e. The van der Waals surface area contributed by atoms with Crippen molar-refractivity contribution in [2.75, 3.05) is 26.0 Å². The van der Waals surface area contributed by atoms with Gasteiger partial charge in [-0.2, -0.15) is 0 Å². The normalized spacial score (nSPS) is 13.4. The molecule has 0 bridgehead atoms. The quantitative estimate of drug-likeness (QED) is 0.626. The molecule has 1 aromatic rings. The first-order valence-corrected chi connectivity index (χ1v) is 7.17. The number of nitrogens with two attached hydrogens (primary N) is 1. The van der Waals surface area contributed by atoms with Gasteiger partial charge < -0.3 is 15.6 Å². The Kier molecular flexibility index (Phi) is 5.81. The van der Waals surface area contributed by atoms with Crippen molar-refractivity contribution in [1.29, 1.82) is 0 Å². The minimum absolute atomic E-state index is 0.0340. The number of methoxy groups -OCH3 is 1. The average Bonchev–Trinajstić information content (AvgIpc) is 2.26. The van der Waals surface area contributed by atoms with Crippen molar-refractivity contribution < 1.29 is 27.0 Å². The Bertz CT molecular complexity index is 543. The molecule has 0 aliphatic carbocycles. The molecule has 1 atom stereocenters. The summed E-state index contributed by atoms with van der Waals surface area (Å²) in [6, 6.07) is 1.44. The topological polar surface area (TPSA) is 102 Å². The Hall–Kier alpha value is -1.29. The van der Waals surface area contributed by atoms with E-state index in [2.05, 4.69) is 4.74 Å². The molecule has 6 nitrogen and oxygen atoms in total. The number of hydrogen-bond donors (Lipinski definition) is 3. The van der Waals surface area contributed by atoms with Gasteiger partial charge in [-0.05, 0) is 18.6 Å². The number of benzene rings is 1. The van der Waals surface area contributed by atoms with E-state index in [4.69, 9.17) is 5.73 Å². The molecule has 0 aromatic heterocycles. The fraction of sp³-hybridized carbons (Fsp3) is 0.455. The molecule has 0 heterocycles.